The Hall–Kier alpha value is -2.99. The first-order chi connectivity index (χ1) is 14.1. The Morgan fingerprint density at radius 2 is 2.03 bits per heavy atom. The first-order valence-corrected chi connectivity index (χ1v) is 10.8. The summed E-state index contributed by atoms with van der Waals surface area (Å²) in [5.74, 6) is -0.126. The molecule has 2 N–H and O–H groups in total. The molecule has 6 heteroatoms. The fraction of sp³-hybridized carbons (Fsp3) is 0.217. The van der Waals surface area contributed by atoms with Crippen LogP contribution in [0.2, 0.25) is 0 Å². The van der Waals surface area contributed by atoms with Gasteiger partial charge in [0.15, 0.2) is 5.43 Å². The maximum atomic E-state index is 12.9. The average Bonchev–Trinajstić information content (AvgIpc) is 2.73. The average molecular weight is 406 g/mol. The zero-order chi connectivity index (χ0) is 20.4. The molecule has 1 aromatic heterocycles. The van der Waals surface area contributed by atoms with Crippen molar-refractivity contribution in [3.05, 3.63) is 76.1 Å². The first-order valence-electron chi connectivity index (χ1n) is 9.55. The summed E-state index contributed by atoms with van der Waals surface area (Å²) >= 11 is 1.47. The van der Waals surface area contributed by atoms with E-state index >= 15 is 0 Å². The zero-order valence-electron chi connectivity index (χ0n) is 16.5. The summed E-state index contributed by atoms with van der Waals surface area (Å²) < 4.78 is 0. The van der Waals surface area contributed by atoms with E-state index in [4.69, 9.17) is 0 Å². The van der Waals surface area contributed by atoms with Gasteiger partial charge in [-0.15, -0.1) is 11.8 Å². The third kappa shape index (κ3) is 3.93. The van der Waals surface area contributed by atoms with Crippen molar-refractivity contribution in [2.24, 2.45) is 0 Å². The third-order valence-corrected chi connectivity index (χ3v) is 5.86. The quantitative estimate of drug-likeness (QED) is 0.499. The Labute approximate surface area is 173 Å². The summed E-state index contributed by atoms with van der Waals surface area (Å²) in [6.45, 7) is 1.47. The van der Waals surface area contributed by atoms with Crippen molar-refractivity contribution >= 4 is 39.5 Å². The number of carbonyl (C=O) groups is 1. The lowest BCUT2D eigenvalue weighted by molar-refractivity contribution is 0.0951. The van der Waals surface area contributed by atoms with Gasteiger partial charge in [0, 0.05) is 47.5 Å². The van der Waals surface area contributed by atoms with Gasteiger partial charge in [0.2, 0.25) is 0 Å². The summed E-state index contributed by atoms with van der Waals surface area (Å²) in [6.07, 6.45) is 9.01. The van der Waals surface area contributed by atoms with Crippen molar-refractivity contribution in [1.29, 1.82) is 0 Å². The fourth-order valence-electron chi connectivity index (χ4n) is 3.61. The molecule has 0 aliphatic carbocycles. The predicted octanol–water partition coefficient (Wildman–Crippen LogP) is 3.91. The van der Waals surface area contributed by atoms with Crippen LogP contribution in [-0.4, -0.2) is 42.2 Å². The van der Waals surface area contributed by atoms with E-state index in [1.54, 1.807) is 6.07 Å². The maximum Gasteiger partial charge on any atom is 0.252 e. The topological polar surface area (TPSA) is 65.2 Å². The molecule has 0 spiro atoms. The van der Waals surface area contributed by atoms with Gasteiger partial charge in [0.1, 0.15) is 0 Å². The van der Waals surface area contributed by atoms with Crippen LogP contribution in [0.25, 0.3) is 21.8 Å². The molecule has 4 rings (SSSR count). The van der Waals surface area contributed by atoms with E-state index in [2.05, 4.69) is 33.6 Å². The minimum atomic E-state index is -0.126. The number of nitrogens with zero attached hydrogens (tertiary/aromatic N) is 1. The van der Waals surface area contributed by atoms with E-state index in [-0.39, 0.29) is 11.3 Å². The number of fused-ring (bicyclic) bond motifs is 2. The Morgan fingerprint density at radius 1 is 1.21 bits per heavy atom. The number of aromatic nitrogens is 1. The molecule has 0 saturated heterocycles. The monoisotopic (exact) mass is 405 g/mol. The lowest BCUT2D eigenvalue weighted by Crippen LogP contribution is -2.26. The molecule has 5 nitrogen and oxygen atoms in total. The molecular formula is C23H23N3O2S. The lowest BCUT2D eigenvalue weighted by atomic mass is 10.1. The number of nitrogens with one attached hydrogen (secondary N) is 2. The van der Waals surface area contributed by atoms with Gasteiger partial charge in [-0.05, 0) is 42.5 Å². The Kier molecular flexibility index (Phi) is 5.45. The summed E-state index contributed by atoms with van der Waals surface area (Å²) in [4.78, 5) is 31.9. The van der Waals surface area contributed by atoms with Gasteiger partial charge in [-0.3, -0.25) is 9.59 Å². The van der Waals surface area contributed by atoms with Crippen LogP contribution in [0.1, 0.15) is 16.8 Å². The third-order valence-electron chi connectivity index (χ3n) is 5.08. The molecule has 3 aromatic rings. The summed E-state index contributed by atoms with van der Waals surface area (Å²) in [6, 6.07) is 11.0. The number of aromatic amines is 1. The minimum absolute atomic E-state index is 0.0169. The van der Waals surface area contributed by atoms with Crippen LogP contribution in [-0.2, 0) is 0 Å². The maximum absolute atomic E-state index is 12.9. The van der Waals surface area contributed by atoms with Crippen molar-refractivity contribution in [1.82, 2.24) is 15.2 Å². The number of carbonyl (C=O) groups excluding carboxylic acids is 1. The van der Waals surface area contributed by atoms with Gasteiger partial charge in [-0.2, -0.15) is 0 Å². The molecule has 0 saturated carbocycles. The molecule has 0 radical (unpaired) electrons. The Balaban J connectivity index is 1.62. The molecule has 1 aliphatic heterocycles. The molecule has 0 bridgehead atoms. The lowest BCUT2D eigenvalue weighted by Gasteiger charge is -2.18. The van der Waals surface area contributed by atoms with Crippen molar-refractivity contribution in [3.8, 4) is 0 Å². The molecule has 0 fully saturated rings. The zero-order valence-corrected chi connectivity index (χ0v) is 17.3. The smallest absolute Gasteiger partial charge is 0.252 e. The highest BCUT2D eigenvalue weighted by molar-refractivity contribution is 7.98. The second-order valence-electron chi connectivity index (χ2n) is 7.15. The van der Waals surface area contributed by atoms with E-state index < -0.39 is 0 Å². The van der Waals surface area contributed by atoms with E-state index in [0.717, 1.165) is 23.4 Å². The molecule has 2 heterocycles. The number of hydrogen-bond donors (Lipinski definition) is 2. The van der Waals surface area contributed by atoms with Crippen LogP contribution in [0.4, 0.5) is 0 Å². The SMILES string of the molecule is CSc1cc2c(=O)c3ccccc3[nH]c2cc1C(=O)NCCC1=CN(C)CC=C1. The minimum Gasteiger partial charge on any atom is -0.376 e. The van der Waals surface area contributed by atoms with Crippen LogP contribution in [0.3, 0.4) is 0 Å². The van der Waals surface area contributed by atoms with Crippen LogP contribution in [0.15, 0.2) is 70.0 Å². The summed E-state index contributed by atoms with van der Waals surface area (Å²) in [5, 5.41) is 4.27. The van der Waals surface area contributed by atoms with Gasteiger partial charge in [-0.1, -0.05) is 24.3 Å². The van der Waals surface area contributed by atoms with E-state index in [1.807, 2.05) is 43.6 Å². The number of likely N-dealkylation sites (N-methyl/N-ethyl adjacent to an activating group) is 1. The number of thioether (sulfide) groups is 1. The van der Waals surface area contributed by atoms with E-state index in [1.165, 1.54) is 17.3 Å². The molecule has 29 heavy (non-hydrogen) atoms. The van der Waals surface area contributed by atoms with Crippen LogP contribution in [0.5, 0.6) is 0 Å². The molecule has 2 aromatic carbocycles. The molecular weight excluding hydrogens is 382 g/mol. The highest BCUT2D eigenvalue weighted by Gasteiger charge is 2.15. The highest BCUT2D eigenvalue weighted by atomic mass is 32.2. The number of H-pyrrole nitrogens is 1. The highest BCUT2D eigenvalue weighted by Crippen LogP contribution is 2.26. The fourth-order valence-corrected chi connectivity index (χ4v) is 4.22. The van der Waals surface area contributed by atoms with Crippen molar-refractivity contribution in [2.45, 2.75) is 11.3 Å². The number of para-hydroxylation sites is 1. The van der Waals surface area contributed by atoms with Crippen molar-refractivity contribution < 1.29 is 4.79 Å². The van der Waals surface area contributed by atoms with Gasteiger partial charge >= 0.3 is 0 Å². The normalized spacial score (nSPS) is 13.7. The Bertz CT molecular complexity index is 1210. The summed E-state index contributed by atoms with van der Waals surface area (Å²) in [7, 11) is 2.03. The van der Waals surface area contributed by atoms with Gasteiger partial charge in [0.25, 0.3) is 5.91 Å². The van der Waals surface area contributed by atoms with Gasteiger partial charge in [-0.25, -0.2) is 0 Å². The first kappa shape index (κ1) is 19.3. The molecule has 0 atom stereocenters. The van der Waals surface area contributed by atoms with Crippen LogP contribution < -0.4 is 10.7 Å². The molecule has 1 amide bonds. The Morgan fingerprint density at radius 3 is 2.83 bits per heavy atom. The van der Waals surface area contributed by atoms with Crippen LogP contribution in [0, 0.1) is 0 Å². The van der Waals surface area contributed by atoms with Gasteiger partial charge < -0.3 is 15.2 Å². The number of allylic oxidation sites excluding steroid dienone is 1. The second-order valence-corrected chi connectivity index (χ2v) is 8.00. The number of pyridine rings is 1. The van der Waals surface area contributed by atoms with Gasteiger partial charge in [0.05, 0.1) is 11.1 Å². The molecule has 0 unspecified atom stereocenters. The summed E-state index contributed by atoms with van der Waals surface area (Å²) in [5.41, 5.74) is 3.21. The number of amides is 1. The van der Waals surface area contributed by atoms with Crippen molar-refractivity contribution in [2.75, 3.05) is 26.4 Å². The largest absolute Gasteiger partial charge is 0.376 e. The predicted molar refractivity (Wildman–Crippen MR) is 121 cm³/mol. The number of rotatable bonds is 5. The van der Waals surface area contributed by atoms with E-state index in [9.17, 15) is 9.59 Å². The van der Waals surface area contributed by atoms with E-state index in [0.29, 0.717) is 28.4 Å². The second kappa shape index (κ2) is 8.17. The van der Waals surface area contributed by atoms with Crippen molar-refractivity contribution in [3.63, 3.8) is 0 Å². The number of benzene rings is 2. The molecule has 1 aliphatic rings. The standard InChI is InChI=1S/C23H23N3O2S/c1-26-11-5-6-15(14-26)9-10-24-23(28)18-12-20-17(13-21(18)29-2)22(27)16-7-3-4-8-19(16)25-20/h3-8,12-14H,9-11H2,1-2H3,(H,24,28)(H,25,27). The number of hydrogen-bond acceptors (Lipinski definition) is 4. The molecule has 148 valence electrons. The van der Waals surface area contributed by atoms with Crippen LogP contribution >= 0.6 is 11.8 Å².